The van der Waals surface area contributed by atoms with Crippen molar-refractivity contribution in [3.8, 4) is 10.4 Å². The first-order chi connectivity index (χ1) is 16.8. The molecule has 2 aromatic heterocycles. The van der Waals surface area contributed by atoms with E-state index in [0.717, 1.165) is 52.8 Å². The first-order valence-electron chi connectivity index (χ1n) is 12.5. The number of H-pyrrole nitrogens is 1. The largest absolute Gasteiger partial charge is 0.366 e. The standard InChI is InChI=1S/C26H34N4O3S2/c1-18-5-2-9-29(18)10-4-14-35(32,33)30-11-7-19(8-12-30)23-17-28-25-21(23)15-20(16-22(25)26(27)31)24-6-3-13-34-24/h3,6,13,15-19,28H,2,4-5,7-12,14H2,1H3,(H2,27,31). The Morgan fingerprint density at radius 2 is 2.00 bits per heavy atom. The van der Waals surface area contributed by atoms with Gasteiger partial charge in [0.2, 0.25) is 10.0 Å². The maximum Gasteiger partial charge on any atom is 0.250 e. The molecule has 0 bridgehead atoms. The van der Waals surface area contributed by atoms with Crippen LogP contribution in [0.1, 0.15) is 60.9 Å². The average Bonchev–Trinajstić information content (AvgIpc) is 3.60. The lowest BCUT2D eigenvalue weighted by molar-refractivity contribution is 0.100. The maximum absolute atomic E-state index is 13.0. The van der Waals surface area contributed by atoms with Gasteiger partial charge in [0, 0.05) is 35.6 Å². The monoisotopic (exact) mass is 514 g/mol. The summed E-state index contributed by atoms with van der Waals surface area (Å²) in [5.74, 6) is 0.00568. The molecule has 7 nitrogen and oxygen atoms in total. The lowest BCUT2D eigenvalue weighted by Crippen LogP contribution is -2.40. The second kappa shape index (κ2) is 10.0. The van der Waals surface area contributed by atoms with Gasteiger partial charge in [0.15, 0.2) is 0 Å². The molecule has 9 heteroatoms. The van der Waals surface area contributed by atoms with Crippen molar-refractivity contribution < 1.29 is 13.2 Å². The Morgan fingerprint density at radius 1 is 1.20 bits per heavy atom. The van der Waals surface area contributed by atoms with Crippen LogP contribution >= 0.6 is 11.3 Å². The van der Waals surface area contributed by atoms with E-state index in [1.54, 1.807) is 15.6 Å². The molecule has 35 heavy (non-hydrogen) atoms. The van der Waals surface area contributed by atoms with E-state index in [-0.39, 0.29) is 11.7 Å². The molecular weight excluding hydrogens is 480 g/mol. The predicted molar refractivity (Wildman–Crippen MR) is 142 cm³/mol. The van der Waals surface area contributed by atoms with Crippen LogP contribution in [-0.2, 0) is 10.0 Å². The Hall–Kier alpha value is -2.20. The number of fused-ring (bicyclic) bond motifs is 1. The lowest BCUT2D eigenvalue weighted by atomic mass is 9.89. The summed E-state index contributed by atoms with van der Waals surface area (Å²) >= 11 is 1.63. The number of aromatic nitrogens is 1. The Balaban J connectivity index is 1.28. The van der Waals surface area contributed by atoms with Crippen molar-refractivity contribution in [3.05, 3.63) is 47.0 Å². The number of aromatic amines is 1. The number of amides is 1. The maximum atomic E-state index is 13.0. The summed E-state index contributed by atoms with van der Waals surface area (Å²) < 4.78 is 27.7. The molecule has 2 saturated heterocycles. The summed E-state index contributed by atoms with van der Waals surface area (Å²) in [4.78, 5) is 19.0. The van der Waals surface area contributed by atoms with E-state index in [2.05, 4.69) is 22.9 Å². The summed E-state index contributed by atoms with van der Waals surface area (Å²) in [6, 6.07) is 8.58. The molecule has 2 fully saturated rings. The minimum atomic E-state index is -3.24. The number of carbonyl (C=O) groups excluding carboxylic acids is 1. The molecule has 3 aromatic rings. The van der Waals surface area contributed by atoms with E-state index in [1.165, 1.54) is 12.8 Å². The topological polar surface area (TPSA) is 99.5 Å². The van der Waals surface area contributed by atoms with Gasteiger partial charge in [-0.15, -0.1) is 11.3 Å². The van der Waals surface area contributed by atoms with E-state index in [1.807, 2.05) is 29.8 Å². The molecule has 0 aliphatic carbocycles. The first kappa shape index (κ1) is 24.5. The number of nitrogens with zero attached hydrogens (tertiary/aromatic N) is 2. The average molecular weight is 515 g/mol. The fraction of sp³-hybridized carbons (Fsp3) is 0.500. The molecule has 1 aromatic carbocycles. The minimum Gasteiger partial charge on any atom is -0.366 e. The van der Waals surface area contributed by atoms with Crippen molar-refractivity contribution in [1.29, 1.82) is 0 Å². The highest BCUT2D eigenvalue weighted by Gasteiger charge is 2.30. The number of piperidine rings is 1. The van der Waals surface area contributed by atoms with Crippen LogP contribution in [0.5, 0.6) is 0 Å². The summed E-state index contributed by atoms with van der Waals surface area (Å²) in [5.41, 5.74) is 9.09. The van der Waals surface area contributed by atoms with Gasteiger partial charge in [0.1, 0.15) is 0 Å². The van der Waals surface area contributed by atoms with Gasteiger partial charge < -0.3 is 15.6 Å². The highest BCUT2D eigenvalue weighted by Crippen LogP contribution is 2.38. The predicted octanol–water partition coefficient (Wildman–Crippen LogP) is 4.38. The van der Waals surface area contributed by atoms with Gasteiger partial charge in [-0.05, 0) is 92.7 Å². The molecule has 5 rings (SSSR count). The van der Waals surface area contributed by atoms with Crippen molar-refractivity contribution >= 4 is 38.2 Å². The second-order valence-electron chi connectivity index (χ2n) is 9.90. The fourth-order valence-electron chi connectivity index (χ4n) is 5.72. The number of likely N-dealkylation sites (tertiary alicyclic amines) is 1. The third-order valence-electron chi connectivity index (χ3n) is 7.72. The zero-order chi connectivity index (χ0) is 24.6. The highest BCUT2D eigenvalue weighted by atomic mass is 32.2. The SMILES string of the molecule is CC1CCCN1CCCS(=O)(=O)N1CCC(c2c[nH]c3c(C(N)=O)cc(-c4cccs4)cc23)CC1. The first-order valence-corrected chi connectivity index (χ1v) is 15.0. The van der Waals surface area contributed by atoms with Gasteiger partial charge in [-0.3, -0.25) is 4.79 Å². The van der Waals surface area contributed by atoms with E-state index in [9.17, 15) is 13.2 Å². The van der Waals surface area contributed by atoms with E-state index in [4.69, 9.17) is 5.73 Å². The summed E-state index contributed by atoms with van der Waals surface area (Å²) in [5, 5.41) is 3.02. The van der Waals surface area contributed by atoms with Gasteiger partial charge in [-0.25, -0.2) is 12.7 Å². The van der Waals surface area contributed by atoms with Crippen LogP contribution in [0.4, 0.5) is 0 Å². The molecule has 0 saturated carbocycles. The van der Waals surface area contributed by atoms with Gasteiger partial charge in [-0.2, -0.15) is 0 Å². The van der Waals surface area contributed by atoms with Gasteiger partial charge in [0.25, 0.3) is 5.91 Å². The number of hydrogen-bond acceptors (Lipinski definition) is 5. The molecule has 188 valence electrons. The molecular formula is C26H34N4O3S2. The molecule has 1 atom stereocenters. The van der Waals surface area contributed by atoms with Crippen LogP contribution < -0.4 is 5.73 Å². The van der Waals surface area contributed by atoms with Crippen LogP contribution in [0.2, 0.25) is 0 Å². The van der Waals surface area contributed by atoms with Gasteiger partial charge in [-0.1, -0.05) is 6.07 Å². The highest BCUT2D eigenvalue weighted by molar-refractivity contribution is 7.89. The van der Waals surface area contributed by atoms with Crippen molar-refractivity contribution in [1.82, 2.24) is 14.2 Å². The quantitative estimate of drug-likeness (QED) is 0.466. The number of nitrogens with two attached hydrogens (primary N) is 1. The molecule has 1 amide bonds. The van der Waals surface area contributed by atoms with Crippen molar-refractivity contribution in [2.45, 2.75) is 51.0 Å². The summed E-state index contributed by atoms with van der Waals surface area (Å²) in [7, 11) is -3.24. The Bertz CT molecular complexity index is 1290. The molecule has 2 aliphatic rings. The van der Waals surface area contributed by atoms with E-state index < -0.39 is 15.9 Å². The Labute approximate surface area is 211 Å². The number of primary amides is 1. The molecule has 4 heterocycles. The van der Waals surface area contributed by atoms with Crippen molar-refractivity contribution in [2.24, 2.45) is 5.73 Å². The number of carbonyl (C=O) groups is 1. The second-order valence-corrected chi connectivity index (χ2v) is 12.9. The van der Waals surface area contributed by atoms with Crippen LogP contribution in [0.15, 0.2) is 35.8 Å². The molecule has 1 unspecified atom stereocenters. The Morgan fingerprint density at radius 3 is 2.66 bits per heavy atom. The van der Waals surface area contributed by atoms with E-state index in [0.29, 0.717) is 31.1 Å². The van der Waals surface area contributed by atoms with Crippen molar-refractivity contribution in [2.75, 3.05) is 31.9 Å². The number of hydrogen-bond donors (Lipinski definition) is 2. The summed E-state index contributed by atoms with van der Waals surface area (Å²) in [6.45, 7) is 5.25. The van der Waals surface area contributed by atoms with Crippen molar-refractivity contribution in [3.63, 3.8) is 0 Å². The molecule has 3 N–H and O–H groups in total. The van der Waals surface area contributed by atoms with Crippen LogP contribution in [-0.4, -0.2) is 66.5 Å². The van der Waals surface area contributed by atoms with E-state index >= 15 is 0 Å². The number of sulfonamides is 1. The minimum absolute atomic E-state index is 0.222. The molecule has 2 aliphatic heterocycles. The Kier molecular flexibility index (Phi) is 7.03. The summed E-state index contributed by atoms with van der Waals surface area (Å²) in [6.07, 6.45) is 6.63. The number of benzene rings is 1. The van der Waals surface area contributed by atoms with Gasteiger partial charge >= 0.3 is 0 Å². The zero-order valence-electron chi connectivity index (χ0n) is 20.2. The zero-order valence-corrected chi connectivity index (χ0v) is 21.8. The third-order valence-corrected chi connectivity index (χ3v) is 10.6. The molecule has 0 radical (unpaired) electrons. The van der Waals surface area contributed by atoms with Crippen LogP contribution in [0.3, 0.4) is 0 Å². The van der Waals surface area contributed by atoms with Gasteiger partial charge in [0.05, 0.1) is 16.8 Å². The number of rotatable bonds is 8. The van der Waals surface area contributed by atoms with Crippen LogP contribution in [0, 0.1) is 0 Å². The number of nitrogens with one attached hydrogen (secondary N) is 1. The molecule has 0 spiro atoms. The smallest absolute Gasteiger partial charge is 0.250 e. The van der Waals surface area contributed by atoms with Crippen LogP contribution in [0.25, 0.3) is 21.3 Å². The third kappa shape index (κ3) is 5.05. The number of thiophene rings is 1. The fourth-order valence-corrected chi connectivity index (χ4v) is 7.95. The normalized spacial score (nSPS) is 20.7. The lowest BCUT2D eigenvalue weighted by Gasteiger charge is -2.31.